The molecule has 172 valence electrons. The first-order valence-corrected chi connectivity index (χ1v) is 12.0. The van der Waals surface area contributed by atoms with Crippen molar-refractivity contribution in [1.82, 2.24) is 25.2 Å². The molecule has 8 heteroatoms. The smallest absolute Gasteiger partial charge is 0.243 e. The fourth-order valence-electron chi connectivity index (χ4n) is 5.20. The highest BCUT2D eigenvalue weighted by Crippen LogP contribution is 2.33. The van der Waals surface area contributed by atoms with Gasteiger partial charge in [0.15, 0.2) is 0 Å². The zero-order valence-corrected chi connectivity index (χ0v) is 19.3. The number of hydrogen-bond donors (Lipinski definition) is 3. The van der Waals surface area contributed by atoms with E-state index in [4.69, 9.17) is 16.6 Å². The van der Waals surface area contributed by atoms with Gasteiger partial charge in [-0.3, -0.25) is 9.69 Å². The molecule has 2 aromatic heterocycles. The molecule has 0 unspecified atom stereocenters. The summed E-state index contributed by atoms with van der Waals surface area (Å²) in [6, 6.07) is 9.15. The number of nitrogens with one attached hydrogen (secondary N) is 3. The van der Waals surface area contributed by atoms with Crippen LogP contribution in [0.3, 0.4) is 0 Å². The lowest BCUT2D eigenvalue weighted by Gasteiger charge is -2.35. The number of fused-ring (bicyclic) bond motifs is 1. The van der Waals surface area contributed by atoms with E-state index in [-0.39, 0.29) is 11.9 Å². The predicted octanol–water partition coefficient (Wildman–Crippen LogP) is 4.38. The van der Waals surface area contributed by atoms with Crippen LogP contribution in [0.15, 0.2) is 49.3 Å². The summed E-state index contributed by atoms with van der Waals surface area (Å²) in [5.41, 5.74) is 2.77. The fraction of sp³-hybridized carbons (Fsp3) is 0.400. The third-order valence-electron chi connectivity index (χ3n) is 6.84. The number of carbonyl (C=O) groups is 1. The van der Waals surface area contributed by atoms with E-state index in [9.17, 15) is 4.79 Å². The van der Waals surface area contributed by atoms with Gasteiger partial charge in [0.1, 0.15) is 0 Å². The molecule has 3 N–H and O–H groups in total. The van der Waals surface area contributed by atoms with Crippen molar-refractivity contribution in [3.63, 3.8) is 0 Å². The minimum Gasteiger partial charge on any atom is -0.360 e. The molecule has 3 heterocycles. The summed E-state index contributed by atoms with van der Waals surface area (Å²) in [6.07, 6.45) is 10.4. The summed E-state index contributed by atoms with van der Waals surface area (Å²) in [7, 11) is 0. The van der Waals surface area contributed by atoms with Gasteiger partial charge in [0, 0.05) is 53.9 Å². The van der Waals surface area contributed by atoms with Crippen LogP contribution in [-0.2, 0) is 4.79 Å². The molecule has 1 aliphatic heterocycles. The molecule has 0 bridgehead atoms. The van der Waals surface area contributed by atoms with E-state index >= 15 is 0 Å². The molecule has 3 atom stereocenters. The molecule has 1 amide bonds. The zero-order valence-electron chi connectivity index (χ0n) is 18.6. The van der Waals surface area contributed by atoms with Crippen molar-refractivity contribution in [3.05, 3.63) is 54.3 Å². The Labute approximate surface area is 198 Å². The number of H-pyrrole nitrogens is 1. The summed E-state index contributed by atoms with van der Waals surface area (Å²) >= 11 is 6.49. The van der Waals surface area contributed by atoms with Crippen LogP contribution in [0.4, 0.5) is 5.95 Å². The van der Waals surface area contributed by atoms with E-state index < -0.39 is 0 Å². The Bertz CT molecular complexity index is 1160. The number of halogens is 1. The van der Waals surface area contributed by atoms with Crippen LogP contribution in [-0.4, -0.2) is 57.0 Å². The molecule has 1 saturated heterocycles. The minimum atomic E-state index is -0.0871. The molecule has 2 fully saturated rings. The molecular formula is C25H29ClN6O. The Morgan fingerprint density at radius 3 is 3.00 bits per heavy atom. The first-order chi connectivity index (χ1) is 16.1. The summed E-state index contributed by atoms with van der Waals surface area (Å²) in [5, 5.41) is 8.23. The predicted molar refractivity (Wildman–Crippen MR) is 132 cm³/mol. The number of rotatable bonds is 6. The Balaban J connectivity index is 1.27. The number of likely N-dealkylation sites (tertiary alicyclic amines) is 1. The van der Waals surface area contributed by atoms with E-state index in [1.54, 1.807) is 6.20 Å². The van der Waals surface area contributed by atoms with Crippen molar-refractivity contribution in [3.8, 4) is 11.3 Å². The lowest BCUT2D eigenvalue weighted by molar-refractivity contribution is -0.117. The number of anilines is 1. The van der Waals surface area contributed by atoms with Crippen molar-refractivity contribution < 1.29 is 4.79 Å². The Hall–Kier alpha value is -2.90. The standard InChI is InChI=1S/C25H29ClN6O/c1-2-23(33)29-17-10-11-32(15-17)18-7-5-6-16(12-18)30-25-28-14-21(26)24(31-25)20-13-27-22-9-4-3-8-19(20)22/h2-4,8-9,13-14,16-18,27H,1,5-7,10-12,15H2,(H,29,33)(H,28,30,31)/t16-,17+,18+/m1/s1. The molecule has 33 heavy (non-hydrogen) atoms. The molecular weight excluding hydrogens is 436 g/mol. The number of nitrogens with zero attached hydrogens (tertiary/aromatic N) is 3. The second-order valence-corrected chi connectivity index (χ2v) is 9.40. The largest absolute Gasteiger partial charge is 0.360 e. The maximum absolute atomic E-state index is 11.6. The van der Waals surface area contributed by atoms with Gasteiger partial charge in [-0.05, 0) is 44.2 Å². The van der Waals surface area contributed by atoms with E-state index in [0.29, 0.717) is 23.1 Å². The molecule has 0 spiro atoms. The third-order valence-corrected chi connectivity index (χ3v) is 7.11. The van der Waals surface area contributed by atoms with Crippen LogP contribution in [0, 0.1) is 0 Å². The Morgan fingerprint density at radius 2 is 2.12 bits per heavy atom. The SMILES string of the molecule is C=CC(=O)N[C@H]1CCN([C@H]2CCC[C@@H](Nc3ncc(Cl)c(-c4c[nH]c5ccccc45)n3)C2)C1. The first kappa shape index (κ1) is 21.9. The van der Waals surface area contributed by atoms with E-state index in [1.807, 2.05) is 24.4 Å². The fourth-order valence-corrected chi connectivity index (χ4v) is 5.39. The van der Waals surface area contributed by atoms with Gasteiger partial charge in [-0.2, -0.15) is 0 Å². The first-order valence-electron chi connectivity index (χ1n) is 11.6. The van der Waals surface area contributed by atoms with Gasteiger partial charge < -0.3 is 15.6 Å². The highest BCUT2D eigenvalue weighted by molar-refractivity contribution is 6.33. The average molecular weight is 465 g/mol. The number of hydrogen-bond acceptors (Lipinski definition) is 5. The van der Waals surface area contributed by atoms with Crippen LogP contribution in [0.1, 0.15) is 32.1 Å². The molecule has 2 aliphatic rings. The molecule has 1 aliphatic carbocycles. The maximum atomic E-state index is 11.6. The van der Waals surface area contributed by atoms with Crippen molar-refractivity contribution in [2.24, 2.45) is 0 Å². The topological polar surface area (TPSA) is 85.9 Å². The number of aromatic nitrogens is 3. The van der Waals surface area contributed by atoms with Crippen molar-refractivity contribution in [1.29, 1.82) is 0 Å². The molecule has 1 saturated carbocycles. The van der Waals surface area contributed by atoms with E-state index in [2.05, 4.69) is 38.1 Å². The van der Waals surface area contributed by atoms with Crippen molar-refractivity contribution in [2.45, 2.75) is 50.2 Å². The summed E-state index contributed by atoms with van der Waals surface area (Å²) in [6.45, 7) is 5.47. The van der Waals surface area contributed by atoms with Gasteiger partial charge in [0.25, 0.3) is 0 Å². The number of amides is 1. The van der Waals surface area contributed by atoms with Crippen LogP contribution in [0.25, 0.3) is 22.2 Å². The van der Waals surface area contributed by atoms with Crippen LogP contribution in [0.5, 0.6) is 0 Å². The number of carbonyl (C=O) groups excluding carboxylic acids is 1. The van der Waals surface area contributed by atoms with Gasteiger partial charge in [-0.1, -0.05) is 36.4 Å². The Kier molecular flexibility index (Phi) is 6.33. The lowest BCUT2D eigenvalue weighted by atomic mass is 9.90. The normalized spacial score (nSPS) is 23.5. The van der Waals surface area contributed by atoms with E-state index in [0.717, 1.165) is 60.9 Å². The van der Waals surface area contributed by atoms with Gasteiger partial charge in [-0.15, -0.1) is 0 Å². The summed E-state index contributed by atoms with van der Waals surface area (Å²) in [4.78, 5) is 26.7. The number of para-hydroxylation sites is 1. The van der Waals surface area contributed by atoms with Crippen molar-refractivity contribution >= 4 is 34.4 Å². The zero-order chi connectivity index (χ0) is 22.8. The second-order valence-electron chi connectivity index (χ2n) is 8.99. The maximum Gasteiger partial charge on any atom is 0.243 e. The lowest BCUT2D eigenvalue weighted by Crippen LogP contribution is -2.43. The second kappa shape index (κ2) is 9.53. The summed E-state index contributed by atoms with van der Waals surface area (Å²) in [5.74, 6) is 0.527. The monoisotopic (exact) mass is 464 g/mol. The molecule has 7 nitrogen and oxygen atoms in total. The minimum absolute atomic E-state index is 0.0871. The molecule has 1 aromatic carbocycles. The van der Waals surface area contributed by atoms with Gasteiger partial charge in [-0.25, -0.2) is 9.97 Å². The molecule has 5 rings (SSSR count). The molecule has 0 radical (unpaired) electrons. The van der Waals surface area contributed by atoms with Gasteiger partial charge in [0.2, 0.25) is 11.9 Å². The molecule has 3 aromatic rings. The summed E-state index contributed by atoms with van der Waals surface area (Å²) < 4.78 is 0. The van der Waals surface area contributed by atoms with Crippen molar-refractivity contribution in [2.75, 3.05) is 18.4 Å². The average Bonchev–Trinajstić information content (AvgIpc) is 3.48. The van der Waals surface area contributed by atoms with Gasteiger partial charge in [0.05, 0.1) is 16.9 Å². The quantitative estimate of drug-likeness (QED) is 0.471. The van der Waals surface area contributed by atoms with Crippen LogP contribution >= 0.6 is 11.6 Å². The highest BCUT2D eigenvalue weighted by Gasteiger charge is 2.32. The van der Waals surface area contributed by atoms with Crippen LogP contribution in [0.2, 0.25) is 5.02 Å². The Morgan fingerprint density at radius 1 is 1.24 bits per heavy atom. The number of aromatic amines is 1. The highest BCUT2D eigenvalue weighted by atomic mass is 35.5. The van der Waals surface area contributed by atoms with Gasteiger partial charge >= 0.3 is 0 Å². The van der Waals surface area contributed by atoms with Crippen LogP contribution < -0.4 is 10.6 Å². The number of benzene rings is 1. The third kappa shape index (κ3) is 4.75. The van der Waals surface area contributed by atoms with E-state index in [1.165, 1.54) is 12.5 Å².